The average Bonchev–Trinajstić information content (AvgIpc) is 2.96. The number of rotatable bonds is 10. The fraction of sp³-hybridized carbons (Fsp3) is 0.464. The van der Waals surface area contributed by atoms with Gasteiger partial charge in [0.05, 0.1) is 13.2 Å². The Morgan fingerprint density at radius 2 is 1.82 bits per heavy atom. The minimum absolute atomic E-state index is 0.0575. The Kier molecular flexibility index (Phi) is 15.3. The van der Waals surface area contributed by atoms with Gasteiger partial charge < -0.3 is 30.9 Å². The molecule has 3 rings (SSSR count). The van der Waals surface area contributed by atoms with Gasteiger partial charge in [0.1, 0.15) is 11.6 Å². The number of nitrogens with one attached hydrogen (secondary N) is 2. The van der Waals surface area contributed by atoms with Gasteiger partial charge in [-0.05, 0) is 61.9 Å². The summed E-state index contributed by atoms with van der Waals surface area (Å²) in [7, 11) is 3.44. The van der Waals surface area contributed by atoms with E-state index in [1.165, 1.54) is 12.1 Å². The van der Waals surface area contributed by atoms with Crippen LogP contribution in [-0.4, -0.2) is 83.0 Å². The van der Waals surface area contributed by atoms with Crippen molar-refractivity contribution in [2.24, 2.45) is 5.73 Å². The van der Waals surface area contributed by atoms with E-state index in [0.717, 1.165) is 16.9 Å². The second-order valence-electron chi connectivity index (χ2n) is 8.33. The van der Waals surface area contributed by atoms with Crippen LogP contribution in [0.1, 0.15) is 35.3 Å². The maximum Gasteiger partial charge on any atom is 0.240 e. The molecule has 0 radical (unpaired) electrons. The first kappa shape index (κ1) is 32.5. The number of carbonyl (C=O) groups excluding carboxylic acids is 3. The molecule has 0 bridgehead atoms. The first-order valence-corrected chi connectivity index (χ1v) is 12.8. The van der Waals surface area contributed by atoms with Gasteiger partial charge in [0.15, 0.2) is 6.29 Å². The molecule has 1 aliphatic rings. The number of benzene rings is 2. The van der Waals surface area contributed by atoms with Gasteiger partial charge in [-0.3, -0.25) is 14.4 Å². The van der Waals surface area contributed by atoms with Crippen molar-refractivity contribution in [1.82, 2.24) is 15.5 Å². The maximum atomic E-state index is 13.4. The quantitative estimate of drug-likeness (QED) is 0.318. The van der Waals surface area contributed by atoms with Crippen LogP contribution in [0, 0.1) is 12.7 Å². The third kappa shape index (κ3) is 9.75. The molecular formula is C28H42FN5O4. The lowest BCUT2D eigenvalue weighted by atomic mass is 9.99. The van der Waals surface area contributed by atoms with Gasteiger partial charge in [-0.1, -0.05) is 19.9 Å². The molecule has 2 aromatic carbocycles. The second-order valence-corrected chi connectivity index (χ2v) is 8.33. The number of methoxy groups -OCH3 is 1. The molecule has 10 heteroatoms. The van der Waals surface area contributed by atoms with Crippen molar-refractivity contribution in [2.45, 2.75) is 33.2 Å². The Morgan fingerprint density at radius 3 is 2.32 bits per heavy atom. The number of anilines is 1. The molecule has 1 heterocycles. The van der Waals surface area contributed by atoms with E-state index >= 15 is 0 Å². The Balaban J connectivity index is 0.000000795. The molecule has 210 valence electrons. The van der Waals surface area contributed by atoms with Crippen molar-refractivity contribution >= 4 is 24.3 Å². The number of carbonyl (C=O) groups is 3. The molecule has 1 atom stereocenters. The van der Waals surface area contributed by atoms with E-state index in [1.807, 2.05) is 48.8 Å². The van der Waals surface area contributed by atoms with Crippen molar-refractivity contribution in [3.8, 4) is 5.75 Å². The lowest BCUT2D eigenvalue weighted by Gasteiger charge is -2.38. The molecule has 0 aliphatic carbocycles. The summed E-state index contributed by atoms with van der Waals surface area (Å²) in [5.74, 6) is 0.428. The molecule has 9 nitrogen and oxygen atoms in total. The molecule has 0 spiro atoms. The standard InChI is InChI=1S/C23H28FN3O3.C3H8N2O.C2H6/c1-16-12-20(30-3)6-4-17(16)14-21(25-2)23(29)27-10-8-26(9-11-27)22-7-5-19(24)13-18(22)15-28;4-1-2-5-3-6;1-2/h4-7,12-13,15,21,25H,8-11,14H2,1-3H3;3H,1-2,4H2,(H,5,6);1-2H3. The van der Waals surface area contributed by atoms with Crippen LogP contribution < -0.4 is 26.0 Å². The smallest absolute Gasteiger partial charge is 0.240 e. The van der Waals surface area contributed by atoms with Crippen molar-refractivity contribution < 1.29 is 23.5 Å². The zero-order valence-electron chi connectivity index (χ0n) is 23.1. The van der Waals surface area contributed by atoms with Gasteiger partial charge in [0.2, 0.25) is 12.3 Å². The molecule has 4 N–H and O–H groups in total. The molecule has 2 amide bonds. The number of amides is 2. The topological polar surface area (TPSA) is 117 Å². The van der Waals surface area contributed by atoms with Gasteiger partial charge >= 0.3 is 0 Å². The summed E-state index contributed by atoms with van der Waals surface area (Å²) in [6.45, 7) is 9.39. The number of hydrogen-bond donors (Lipinski definition) is 3. The number of ether oxygens (including phenoxy) is 1. The minimum atomic E-state index is -0.430. The Hall–Kier alpha value is -3.50. The highest BCUT2D eigenvalue weighted by Crippen LogP contribution is 2.23. The number of likely N-dealkylation sites (N-methyl/N-ethyl adjacent to an activating group) is 1. The van der Waals surface area contributed by atoms with Gasteiger partial charge in [0.25, 0.3) is 0 Å². The molecule has 0 saturated carbocycles. The monoisotopic (exact) mass is 531 g/mol. The van der Waals surface area contributed by atoms with Gasteiger partial charge in [0, 0.05) is 50.5 Å². The van der Waals surface area contributed by atoms with Gasteiger partial charge in [-0.15, -0.1) is 0 Å². The fourth-order valence-electron chi connectivity index (χ4n) is 4.00. The summed E-state index contributed by atoms with van der Waals surface area (Å²) in [5.41, 5.74) is 8.22. The summed E-state index contributed by atoms with van der Waals surface area (Å²) in [4.78, 5) is 37.7. The maximum absolute atomic E-state index is 13.4. The molecule has 38 heavy (non-hydrogen) atoms. The predicted molar refractivity (Wildman–Crippen MR) is 149 cm³/mol. The van der Waals surface area contributed by atoms with E-state index in [9.17, 15) is 18.8 Å². The van der Waals surface area contributed by atoms with E-state index in [2.05, 4.69) is 10.6 Å². The first-order valence-electron chi connectivity index (χ1n) is 12.8. The van der Waals surface area contributed by atoms with Crippen LogP contribution in [0.15, 0.2) is 36.4 Å². The largest absolute Gasteiger partial charge is 0.497 e. The Bertz CT molecular complexity index is 1010. The summed E-state index contributed by atoms with van der Waals surface area (Å²) >= 11 is 0. The lowest BCUT2D eigenvalue weighted by molar-refractivity contribution is -0.133. The molecule has 1 fully saturated rings. The van der Waals surface area contributed by atoms with E-state index in [1.54, 1.807) is 20.2 Å². The van der Waals surface area contributed by atoms with E-state index in [0.29, 0.717) is 69.6 Å². The number of nitrogens with two attached hydrogens (primary N) is 1. The van der Waals surface area contributed by atoms with Crippen LogP contribution in [0.2, 0.25) is 0 Å². The van der Waals surface area contributed by atoms with Gasteiger partial charge in [-0.25, -0.2) is 4.39 Å². The number of hydrogen-bond acceptors (Lipinski definition) is 7. The zero-order valence-corrected chi connectivity index (χ0v) is 23.1. The highest BCUT2D eigenvalue weighted by Gasteiger charge is 2.28. The number of halogens is 1. The summed E-state index contributed by atoms with van der Waals surface area (Å²) in [6.07, 6.45) is 1.90. The molecule has 0 aromatic heterocycles. The predicted octanol–water partition coefficient (Wildman–Crippen LogP) is 2.15. The first-order chi connectivity index (χ1) is 18.4. The van der Waals surface area contributed by atoms with Crippen LogP contribution >= 0.6 is 0 Å². The summed E-state index contributed by atoms with van der Waals surface area (Å²) < 4.78 is 18.7. The molecule has 1 saturated heterocycles. The van der Waals surface area contributed by atoms with E-state index < -0.39 is 5.82 Å². The van der Waals surface area contributed by atoms with Crippen LogP contribution in [0.5, 0.6) is 5.75 Å². The highest BCUT2D eigenvalue weighted by molar-refractivity contribution is 5.85. The third-order valence-electron chi connectivity index (χ3n) is 6.04. The number of aldehydes is 1. The average molecular weight is 532 g/mol. The SMILES string of the molecule is CC.CNC(Cc1ccc(OC)cc1C)C(=O)N1CCN(c2ccc(F)cc2C=O)CC1.NCCNC=O. The van der Waals surface area contributed by atoms with Crippen molar-refractivity contribution in [2.75, 3.05) is 58.3 Å². The molecular weight excluding hydrogens is 489 g/mol. The molecule has 1 aliphatic heterocycles. The number of piperazine rings is 1. The fourth-order valence-corrected chi connectivity index (χ4v) is 4.00. The zero-order chi connectivity index (χ0) is 28.5. The van der Waals surface area contributed by atoms with Crippen LogP contribution in [0.3, 0.4) is 0 Å². The molecule has 1 unspecified atom stereocenters. The van der Waals surface area contributed by atoms with Crippen LogP contribution in [0.4, 0.5) is 10.1 Å². The minimum Gasteiger partial charge on any atom is -0.497 e. The van der Waals surface area contributed by atoms with Crippen molar-refractivity contribution in [1.29, 1.82) is 0 Å². The lowest BCUT2D eigenvalue weighted by Crippen LogP contribution is -2.54. The van der Waals surface area contributed by atoms with Crippen LogP contribution in [0.25, 0.3) is 0 Å². The van der Waals surface area contributed by atoms with Crippen molar-refractivity contribution in [3.63, 3.8) is 0 Å². The van der Waals surface area contributed by atoms with E-state index in [-0.39, 0.29) is 11.9 Å². The Morgan fingerprint density at radius 1 is 1.13 bits per heavy atom. The van der Waals surface area contributed by atoms with Gasteiger partial charge in [-0.2, -0.15) is 0 Å². The molecule has 2 aromatic rings. The van der Waals surface area contributed by atoms with Crippen LogP contribution in [-0.2, 0) is 16.0 Å². The van der Waals surface area contributed by atoms with Crippen molar-refractivity contribution in [3.05, 3.63) is 58.9 Å². The summed E-state index contributed by atoms with van der Waals surface area (Å²) in [6, 6.07) is 9.78. The van der Waals surface area contributed by atoms with E-state index in [4.69, 9.17) is 10.5 Å². The normalized spacial score (nSPS) is 13.2. The Labute approximate surface area is 225 Å². The second kappa shape index (κ2) is 17.9. The highest BCUT2D eigenvalue weighted by atomic mass is 19.1. The third-order valence-corrected chi connectivity index (χ3v) is 6.04. The number of nitrogens with zero attached hydrogens (tertiary/aromatic N) is 2. The summed E-state index contributed by atoms with van der Waals surface area (Å²) in [5, 5.41) is 5.54. The number of aryl methyl sites for hydroxylation is 1.